The maximum atomic E-state index is 14.3. The van der Waals surface area contributed by atoms with Gasteiger partial charge < -0.3 is 9.47 Å². The molecular weight excluding hydrogens is 484 g/mol. The van der Waals surface area contributed by atoms with Crippen LogP contribution in [0.2, 0.25) is 0 Å². The lowest BCUT2D eigenvalue weighted by Gasteiger charge is -2.37. The van der Waals surface area contributed by atoms with Crippen molar-refractivity contribution in [2.45, 2.75) is 82.5 Å². The molecule has 2 nitrogen and oxygen atoms in total. The Morgan fingerprint density at radius 3 is 1.97 bits per heavy atom. The van der Waals surface area contributed by atoms with Crippen LogP contribution in [0.1, 0.15) is 57.4 Å². The summed E-state index contributed by atoms with van der Waals surface area (Å²) in [5.41, 5.74) is 0.937. The van der Waals surface area contributed by atoms with Crippen LogP contribution in [0.15, 0.2) is 36.4 Å². The second kappa shape index (κ2) is 10.7. The third kappa shape index (κ3) is 6.65. The predicted octanol–water partition coefficient (Wildman–Crippen LogP) is 8.52. The second-order valence-electron chi connectivity index (χ2n) is 8.82. The van der Waals surface area contributed by atoms with Gasteiger partial charge in [0.15, 0.2) is 17.4 Å². The van der Waals surface area contributed by atoms with Gasteiger partial charge in [-0.05, 0) is 48.1 Å². The van der Waals surface area contributed by atoms with Gasteiger partial charge in [-0.1, -0.05) is 56.9 Å². The summed E-state index contributed by atoms with van der Waals surface area (Å²) in [6.45, 7) is 2.46. The molecule has 1 saturated carbocycles. The SMILES string of the molecule is CCCC1(OCc2ccc(-c3cc(F)c(OC(F)(F)C(F)C(F)(F)F)c(F)c3)cc2)CCCCC1. The maximum Gasteiger partial charge on any atom is 0.439 e. The van der Waals surface area contributed by atoms with Crippen molar-refractivity contribution in [3.8, 4) is 16.9 Å². The zero-order valence-corrected chi connectivity index (χ0v) is 19.0. The van der Waals surface area contributed by atoms with Crippen molar-refractivity contribution in [1.29, 1.82) is 0 Å². The molecule has 0 heterocycles. The number of rotatable bonds is 9. The Morgan fingerprint density at radius 2 is 1.46 bits per heavy atom. The number of alkyl halides is 6. The van der Waals surface area contributed by atoms with Crippen LogP contribution in [0.3, 0.4) is 0 Å². The van der Waals surface area contributed by atoms with Gasteiger partial charge in [0.2, 0.25) is 0 Å². The van der Waals surface area contributed by atoms with Crippen molar-refractivity contribution in [3.63, 3.8) is 0 Å². The minimum atomic E-state index is -5.98. The highest BCUT2D eigenvalue weighted by molar-refractivity contribution is 5.65. The number of ether oxygens (including phenoxy) is 2. The van der Waals surface area contributed by atoms with Crippen LogP contribution in [0.4, 0.5) is 35.1 Å². The number of halogens is 8. The highest BCUT2D eigenvalue weighted by Gasteiger charge is 2.59. The monoisotopic (exact) mass is 510 g/mol. The molecule has 0 spiro atoms. The quantitative estimate of drug-likeness (QED) is 0.315. The standard InChI is InChI=1S/C25H26F8O2/c1-2-10-23(11-4-3-5-12-23)34-15-16-6-8-17(9-7-16)18-13-19(26)21(20(27)14-18)35-25(32,33)22(28)24(29,30)31/h6-9,13-14,22H,2-5,10-12,15H2,1H3. The molecule has 3 rings (SSSR count). The summed E-state index contributed by atoms with van der Waals surface area (Å²) in [6, 6.07) is 7.75. The fraction of sp³-hybridized carbons (Fsp3) is 0.520. The number of hydrogen-bond acceptors (Lipinski definition) is 2. The molecule has 0 radical (unpaired) electrons. The lowest BCUT2D eigenvalue weighted by molar-refractivity contribution is -0.306. The molecule has 2 aromatic rings. The Morgan fingerprint density at radius 1 is 0.886 bits per heavy atom. The number of hydrogen-bond donors (Lipinski definition) is 0. The van der Waals surface area contributed by atoms with Gasteiger partial charge in [0, 0.05) is 0 Å². The Kier molecular flexibility index (Phi) is 8.34. The zero-order valence-electron chi connectivity index (χ0n) is 19.0. The zero-order chi connectivity index (χ0) is 25.9. The van der Waals surface area contributed by atoms with Crippen LogP contribution in [0, 0.1) is 11.6 Å². The average Bonchev–Trinajstić information content (AvgIpc) is 2.80. The van der Waals surface area contributed by atoms with Gasteiger partial charge in [-0.25, -0.2) is 13.2 Å². The number of benzene rings is 2. The van der Waals surface area contributed by atoms with E-state index in [1.807, 2.05) is 0 Å². The largest absolute Gasteiger partial charge is 0.439 e. The molecule has 1 fully saturated rings. The summed E-state index contributed by atoms with van der Waals surface area (Å²) in [5.74, 6) is -5.19. The first-order valence-electron chi connectivity index (χ1n) is 11.4. The Balaban J connectivity index is 1.73. The van der Waals surface area contributed by atoms with Crippen LogP contribution in [0.5, 0.6) is 5.75 Å². The van der Waals surface area contributed by atoms with E-state index in [0.717, 1.165) is 44.1 Å². The molecule has 194 valence electrons. The summed E-state index contributed by atoms with van der Waals surface area (Å²) in [6.07, 6.45) is -8.87. The van der Waals surface area contributed by atoms with Crippen molar-refractivity contribution in [3.05, 3.63) is 53.6 Å². The second-order valence-corrected chi connectivity index (χ2v) is 8.82. The summed E-state index contributed by atoms with van der Waals surface area (Å²) < 4.78 is 115. The molecule has 10 heteroatoms. The maximum absolute atomic E-state index is 14.3. The van der Waals surface area contributed by atoms with Crippen molar-refractivity contribution < 1.29 is 44.6 Å². The molecule has 0 N–H and O–H groups in total. The smallest absolute Gasteiger partial charge is 0.424 e. The average molecular weight is 510 g/mol. The predicted molar refractivity (Wildman–Crippen MR) is 114 cm³/mol. The highest BCUT2D eigenvalue weighted by Crippen LogP contribution is 2.39. The van der Waals surface area contributed by atoms with E-state index in [1.54, 1.807) is 24.3 Å². The first-order valence-corrected chi connectivity index (χ1v) is 11.4. The Bertz CT molecular complexity index is 953. The third-order valence-electron chi connectivity index (χ3n) is 6.12. The highest BCUT2D eigenvalue weighted by atomic mass is 19.4. The molecule has 1 unspecified atom stereocenters. The fourth-order valence-electron chi connectivity index (χ4n) is 4.35. The molecule has 1 atom stereocenters. The van der Waals surface area contributed by atoms with E-state index in [1.165, 1.54) is 6.42 Å². The van der Waals surface area contributed by atoms with Crippen molar-refractivity contribution in [1.82, 2.24) is 0 Å². The van der Waals surface area contributed by atoms with E-state index < -0.39 is 35.8 Å². The Hall–Kier alpha value is -2.36. The van der Waals surface area contributed by atoms with E-state index in [-0.39, 0.29) is 11.2 Å². The summed E-state index contributed by atoms with van der Waals surface area (Å²) in [4.78, 5) is 0. The van der Waals surface area contributed by atoms with Crippen LogP contribution in [-0.2, 0) is 11.3 Å². The van der Waals surface area contributed by atoms with Gasteiger partial charge in [-0.2, -0.15) is 22.0 Å². The first kappa shape index (κ1) is 27.2. The lowest BCUT2D eigenvalue weighted by atomic mass is 9.81. The molecule has 0 aromatic heterocycles. The molecular formula is C25H26F8O2. The fourth-order valence-corrected chi connectivity index (χ4v) is 4.35. The van der Waals surface area contributed by atoms with Gasteiger partial charge >= 0.3 is 12.3 Å². The van der Waals surface area contributed by atoms with E-state index in [9.17, 15) is 35.1 Å². The van der Waals surface area contributed by atoms with E-state index in [2.05, 4.69) is 11.7 Å². The molecule has 0 aliphatic heterocycles. The van der Waals surface area contributed by atoms with Crippen LogP contribution in [-0.4, -0.2) is 24.1 Å². The van der Waals surface area contributed by atoms with Gasteiger partial charge in [0.05, 0.1) is 12.2 Å². The van der Waals surface area contributed by atoms with Crippen LogP contribution >= 0.6 is 0 Å². The normalized spacial score (nSPS) is 17.3. The summed E-state index contributed by atoms with van der Waals surface area (Å²) in [5, 5.41) is 0. The van der Waals surface area contributed by atoms with Gasteiger partial charge in [-0.15, -0.1) is 0 Å². The van der Waals surface area contributed by atoms with Gasteiger partial charge in [0.1, 0.15) is 0 Å². The van der Waals surface area contributed by atoms with Crippen molar-refractivity contribution >= 4 is 0 Å². The molecule has 0 amide bonds. The van der Waals surface area contributed by atoms with Crippen molar-refractivity contribution in [2.24, 2.45) is 0 Å². The van der Waals surface area contributed by atoms with Crippen LogP contribution in [0.25, 0.3) is 11.1 Å². The molecule has 0 saturated heterocycles. The van der Waals surface area contributed by atoms with E-state index >= 15 is 0 Å². The third-order valence-corrected chi connectivity index (χ3v) is 6.12. The summed E-state index contributed by atoms with van der Waals surface area (Å²) in [7, 11) is 0. The Labute approximate surface area is 198 Å². The van der Waals surface area contributed by atoms with Crippen LogP contribution < -0.4 is 4.74 Å². The van der Waals surface area contributed by atoms with Gasteiger partial charge in [0.25, 0.3) is 6.17 Å². The minimum absolute atomic E-state index is 0.0644. The molecule has 2 aromatic carbocycles. The molecule has 0 bridgehead atoms. The first-order chi connectivity index (χ1) is 16.4. The van der Waals surface area contributed by atoms with E-state index in [0.29, 0.717) is 24.3 Å². The van der Waals surface area contributed by atoms with Gasteiger partial charge in [-0.3, -0.25) is 0 Å². The lowest BCUT2D eigenvalue weighted by Crippen LogP contribution is -2.46. The topological polar surface area (TPSA) is 18.5 Å². The van der Waals surface area contributed by atoms with E-state index in [4.69, 9.17) is 4.74 Å². The molecule has 1 aliphatic rings. The summed E-state index contributed by atoms with van der Waals surface area (Å²) >= 11 is 0. The molecule has 1 aliphatic carbocycles. The molecule has 35 heavy (non-hydrogen) atoms. The van der Waals surface area contributed by atoms with Crippen molar-refractivity contribution in [2.75, 3.05) is 0 Å². The minimum Gasteiger partial charge on any atom is -0.424 e.